The molecule has 9 heteroatoms. The minimum atomic E-state index is -4.01. The second-order valence-electron chi connectivity index (χ2n) is 3.99. The summed E-state index contributed by atoms with van der Waals surface area (Å²) in [5.74, 6) is 0. The smallest absolute Gasteiger partial charge is 0.270 e. The lowest BCUT2D eigenvalue weighted by Gasteiger charge is -2.09. The number of nitro groups is 1. The Morgan fingerprint density at radius 2 is 1.90 bits per heavy atom. The van der Waals surface area contributed by atoms with Gasteiger partial charge in [0.25, 0.3) is 15.7 Å². The van der Waals surface area contributed by atoms with Crippen LogP contribution in [0.15, 0.2) is 47.4 Å². The average molecular weight is 439 g/mol. The number of rotatable bonds is 4. The van der Waals surface area contributed by atoms with Crippen LogP contribution in [0.25, 0.3) is 0 Å². The minimum absolute atomic E-state index is 0.0845. The number of anilines is 1. The van der Waals surface area contributed by atoms with E-state index in [4.69, 9.17) is 11.6 Å². The molecule has 0 fully saturated rings. The van der Waals surface area contributed by atoms with Gasteiger partial charge in [0.2, 0.25) is 0 Å². The molecule has 110 valence electrons. The molecule has 0 saturated heterocycles. The van der Waals surface area contributed by atoms with Crippen LogP contribution < -0.4 is 4.72 Å². The molecular formula is C12H8ClIN2O4S. The van der Waals surface area contributed by atoms with Gasteiger partial charge in [0.15, 0.2) is 0 Å². The van der Waals surface area contributed by atoms with Gasteiger partial charge in [-0.05, 0) is 46.9 Å². The summed E-state index contributed by atoms with van der Waals surface area (Å²) in [7, 11) is -4.01. The van der Waals surface area contributed by atoms with Crippen LogP contribution in [0.5, 0.6) is 0 Å². The van der Waals surface area contributed by atoms with Crippen molar-refractivity contribution in [1.82, 2.24) is 0 Å². The standard InChI is InChI=1S/C12H8ClIN2O4S/c13-11-5-4-10(16(17)18)7-12(11)21(19,20)15-9-3-1-2-8(14)6-9/h1-7,15H. The molecule has 0 heterocycles. The van der Waals surface area contributed by atoms with Crippen LogP contribution in [0.2, 0.25) is 5.02 Å². The molecule has 21 heavy (non-hydrogen) atoms. The average Bonchev–Trinajstić information content (AvgIpc) is 2.38. The Bertz CT molecular complexity index is 811. The van der Waals surface area contributed by atoms with Crippen LogP contribution in [0.3, 0.4) is 0 Å². The number of nitrogens with one attached hydrogen (secondary N) is 1. The number of halogens is 2. The summed E-state index contributed by atoms with van der Waals surface area (Å²) in [6, 6.07) is 9.95. The van der Waals surface area contributed by atoms with E-state index < -0.39 is 14.9 Å². The maximum absolute atomic E-state index is 12.3. The first kappa shape index (κ1) is 16.0. The van der Waals surface area contributed by atoms with Gasteiger partial charge < -0.3 is 0 Å². The van der Waals surface area contributed by atoms with Gasteiger partial charge in [-0.1, -0.05) is 17.7 Å². The van der Waals surface area contributed by atoms with E-state index in [1.54, 1.807) is 24.3 Å². The van der Waals surface area contributed by atoms with Crippen molar-refractivity contribution in [1.29, 1.82) is 0 Å². The first-order chi connectivity index (χ1) is 9.79. The fraction of sp³-hybridized carbons (Fsp3) is 0. The van der Waals surface area contributed by atoms with E-state index >= 15 is 0 Å². The predicted molar refractivity (Wildman–Crippen MR) is 88.1 cm³/mol. The third kappa shape index (κ3) is 3.83. The lowest BCUT2D eigenvalue weighted by molar-refractivity contribution is -0.385. The summed E-state index contributed by atoms with van der Waals surface area (Å²) < 4.78 is 27.8. The number of non-ortho nitro benzene ring substituents is 1. The number of hydrogen-bond acceptors (Lipinski definition) is 4. The highest BCUT2D eigenvalue weighted by Crippen LogP contribution is 2.28. The lowest BCUT2D eigenvalue weighted by atomic mass is 10.3. The van der Waals surface area contributed by atoms with Gasteiger partial charge in [0, 0.05) is 21.4 Å². The molecule has 0 aliphatic heterocycles. The summed E-state index contributed by atoms with van der Waals surface area (Å²) in [4.78, 5) is 9.72. The Kier molecular flexibility index (Phi) is 4.69. The van der Waals surface area contributed by atoms with Crippen LogP contribution in [0.4, 0.5) is 11.4 Å². The minimum Gasteiger partial charge on any atom is -0.280 e. The molecule has 0 unspecified atom stereocenters. The molecule has 0 atom stereocenters. The fourth-order valence-electron chi connectivity index (χ4n) is 1.57. The van der Waals surface area contributed by atoms with Gasteiger partial charge in [0.05, 0.1) is 9.95 Å². The van der Waals surface area contributed by atoms with Gasteiger partial charge in [-0.2, -0.15) is 0 Å². The van der Waals surface area contributed by atoms with Gasteiger partial charge in [-0.3, -0.25) is 14.8 Å². The largest absolute Gasteiger partial charge is 0.280 e. The fourth-order valence-corrected chi connectivity index (χ4v) is 3.69. The SMILES string of the molecule is O=[N+]([O-])c1ccc(Cl)c(S(=O)(=O)Nc2cccc(I)c2)c1. The van der Waals surface area contributed by atoms with Crippen molar-refractivity contribution in [2.24, 2.45) is 0 Å². The Morgan fingerprint density at radius 3 is 2.52 bits per heavy atom. The monoisotopic (exact) mass is 438 g/mol. The maximum Gasteiger partial charge on any atom is 0.270 e. The topological polar surface area (TPSA) is 89.3 Å². The van der Waals surface area contributed by atoms with Gasteiger partial charge in [0.1, 0.15) is 4.90 Å². The number of sulfonamides is 1. The van der Waals surface area contributed by atoms with Crippen LogP contribution in [0, 0.1) is 13.7 Å². The van der Waals surface area contributed by atoms with E-state index in [0.717, 1.165) is 15.7 Å². The van der Waals surface area contributed by atoms with Crippen LogP contribution in [-0.4, -0.2) is 13.3 Å². The highest BCUT2D eigenvalue weighted by molar-refractivity contribution is 14.1. The van der Waals surface area contributed by atoms with E-state index in [1.165, 1.54) is 6.07 Å². The zero-order chi connectivity index (χ0) is 15.6. The summed E-state index contributed by atoms with van der Waals surface area (Å²) in [6.45, 7) is 0. The summed E-state index contributed by atoms with van der Waals surface area (Å²) >= 11 is 7.88. The number of nitro benzene ring substituents is 1. The summed E-state index contributed by atoms with van der Waals surface area (Å²) in [5, 5.41) is 10.7. The van der Waals surface area contributed by atoms with E-state index in [-0.39, 0.29) is 15.6 Å². The van der Waals surface area contributed by atoms with Gasteiger partial charge in [-0.25, -0.2) is 8.42 Å². The molecule has 2 rings (SSSR count). The molecule has 0 saturated carbocycles. The highest BCUT2D eigenvalue weighted by atomic mass is 127. The van der Waals surface area contributed by atoms with Crippen molar-refractivity contribution in [3.05, 3.63) is 61.2 Å². The first-order valence-corrected chi connectivity index (χ1v) is 8.46. The van der Waals surface area contributed by atoms with Gasteiger partial charge >= 0.3 is 0 Å². The van der Waals surface area contributed by atoms with Crippen LogP contribution >= 0.6 is 34.2 Å². The quantitative estimate of drug-likeness (QED) is 0.448. The second kappa shape index (κ2) is 6.16. The molecule has 0 radical (unpaired) electrons. The molecule has 6 nitrogen and oxygen atoms in total. The van der Waals surface area contributed by atoms with E-state index in [0.29, 0.717) is 5.69 Å². The number of hydrogen-bond donors (Lipinski definition) is 1. The highest BCUT2D eigenvalue weighted by Gasteiger charge is 2.21. The molecule has 2 aromatic carbocycles. The molecule has 0 aliphatic carbocycles. The van der Waals surface area contributed by atoms with Gasteiger partial charge in [-0.15, -0.1) is 0 Å². The predicted octanol–water partition coefficient (Wildman–Crippen LogP) is 3.65. The molecule has 0 spiro atoms. The van der Waals surface area contributed by atoms with Crippen molar-refractivity contribution < 1.29 is 13.3 Å². The van der Waals surface area contributed by atoms with Crippen molar-refractivity contribution in [3.63, 3.8) is 0 Å². The first-order valence-electron chi connectivity index (χ1n) is 5.52. The lowest BCUT2D eigenvalue weighted by Crippen LogP contribution is -2.13. The van der Waals surface area contributed by atoms with Crippen LogP contribution in [-0.2, 0) is 10.0 Å². The molecule has 0 aromatic heterocycles. The molecule has 0 aliphatic rings. The Labute approximate surface area is 139 Å². The van der Waals surface area contributed by atoms with Crippen LogP contribution in [0.1, 0.15) is 0 Å². The van der Waals surface area contributed by atoms with E-state index in [1.807, 2.05) is 22.6 Å². The molecule has 0 amide bonds. The third-order valence-electron chi connectivity index (χ3n) is 2.49. The molecule has 1 N–H and O–H groups in total. The van der Waals surface area contributed by atoms with E-state index in [9.17, 15) is 18.5 Å². The molecule has 2 aromatic rings. The van der Waals surface area contributed by atoms with Crippen molar-refractivity contribution >= 4 is 55.6 Å². The zero-order valence-electron chi connectivity index (χ0n) is 10.3. The van der Waals surface area contributed by atoms with Crippen molar-refractivity contribution in [2.45, 2.75) is 4.90 Å². The second-order valence-corrected chi connectivity index (χ2v) is 7.29. The maximum atomic E-state index is 12.3. The Morgan fingerprint density at radius 1 is 1.19 bits per heavy atom. The number of benzene rings is 2. The zero-order valence-corrected chi connectivity index (χ0v) is 14.0. The molecular weight excluding hydrogens is 431 g/mol. The van der Waals surface area contributed by atoms with Crippen molar-refractivity contribution in [2.75, 3.05) is 4.72 Å². The Hall–Kier alpha value is -1.39. The van der Waals surface area contributed by atoms with E-state index in [2.05, 4.69) is 4.72 Å². The van der Waals surface area contributed by atoms with Crippen molar-refractivity contribution in [3.8, 4) is 0 Å². The number of nitrogens with zero attached hydrogens (tertiary/aromatic N) is 1. The summed E-state index contributed by atoms with van der Waals surface area (Å²) in [6.07, 6.45) is 0. The third-order valence-corrected chi connectivity index (χ3v) is 5.03. The molecule has 0 bridgehead atoms. The Balaban J connectivity index is 2.44. The summed E-state index contributed by atoms with van der Waals surface area (Å²) in [5.41, 5.74) is 0.00638. The normalized spacial score (nSPS) is 11.1.